The van der Waals surface area contributed by atoms with Crippen molar-refractivity contribution in [1.82, 2.24) is 0 Å². The van der Waals surface area contributed by atoms with Crippen molar-refractivity contribution in [2.75, 3.05) is 6.54 Å². The van der Waals surface area contributed by atoms with Crippen LogP contribution in [-0.2, 0) is 9.53 Å². The fourth-order valence-corrected chi connectivity index (χ4v) is 1.26. The Morgan fingerprint density at radius 3 is 2.47 bits per heavy atom. The normalized spacial score (nSPS) is 11.9. The molecule has 0 radical (unpaired) electrons. The quantitative estimate of drug-likeness (QED) is 0.571. The summed E-state index contributed by atoms with van der Waals surface area (Å²) in [7, 11) is 0. The second-order valence-electron chi connectivity index (χ2n) is 3.61. The molecule has 4 N–H and O–H groups in total. The molecular formula is C12H16N2O3. The number of rotatable bonds is 5. The lowest BCUT2D eigenvalue weighted by Crippen LogP contribution is -2.34. The summed E-state index contributed by atoms with van der Waals surface area (Å²) in [5.41, 5.74) is 11.2. The van der Waals surface area contributed by atoms with Crippen LogP contribution < -0.4 is 11.5 Å². The zero-order chi connectivity index (χ0) is 12.7. The predicted molar refractivity (Wildman–Crippen MR) is 63.1 cm³/mol. The molecule has 0 fully saturated rings. The minimum absolute atomic E-state index is 0.326. The van der Waals surface area contributed by atoms with Gasteiger partial charge in [-0.1, -0.05) is 18.2 Å². The van der Waals surface area contributed by atoms with E-state index in [1.54, 1.807) is 30.3 Å². The molecule has 0 amide bonds. The highest BCUT2D eigenvalue weighted by Gasteiger charge is 2.19. The van der Waals surface area contributed by atoms with Crippen LogP contribution in [0.2, 0.25) is 0 Å². The molecule has 1 rings (SSSR count). The largest absolute Gasteiger partial charge is 0.388 e. The van der Waals surface area contributed by atoms with Gasteiger partial charge in [0.25, 0.3) is 0 Å². The molecule has 0 bridgehead atoms. The second kappa shape index (κ2) is 6.78. The standard InChI is InChI=1S/C12H16N2O3/c13-8-4-7-10(14)12(16)17-11(15)9-5-2-1-3-6-9/h1-3,5-6,10H,4,7-8,13-14H2/t10-/m1/s1. The minimum Gasteiger partial charge on any atom is -0.388 e. The van der Waals surface area contributed by atoms with Gasteiger partial charge in [0.1, 0.15) is 6.04 Å². The maximum atomic E-state index is 11.5. The third-order valence-corrected chi connectivity index (χ3v) is 2.22. The van der Waals surface area contributed by atoms with Crippen molar-refractivity contribution in [2.24, 2.45) is 11.5 Å². The number of carbonyl (C=O) groups is 2. The molecule has 92 valence electrons. The molecule has 1 aromatic rings. The van der Waals surface area contributed by atoms with Gasteiger partial charge in [0.15, 0.2) is 0 Å². The maximum absolute atomic E-state index is 11.5. The summed E-state index contributed by atoms with van der Waals surface area (Å²) in [5, 5.41) is 0. The first-order chi connectivity index (χ1) is 8.15. The number of nitrogens with two attached hydrogens (primary N) is 2. The number of carbonyl (C=O) groups excluding carboxylic acids is 2. The highest BCUT2D eigenvalue weighted by molar-refractivity contribution is 5.97. The average molecular weight is 236 g/mol. The number of ether oxygens (including phenoxy) is 1. The summed E-state index contributed by atoms with van der Waals surface area (Å²) in [4.78, 5) is 22.9. The van der Waals surface area contributed by atoms with E-state index < -0.39 is 18.0 Å². The molecule has 0 aliphatic heterocycles. The maximum Gasteiger partial charge on any atom is 0.345 e. The molecule has 0 spiro atoms. The van der Waals surface area contributed by atoms with Gasteiger partial charge < -0.3 is 16.2 Å². The van der Waals surface area contributed by atoms with Gasteiger partial charge >= 0.3 is 11.9 Å². The summed E-state index contributed by atoms with van der Waals surface area (Å²) in [6.07, 6.45) is 1.03. The molecule has 0 saturated heterocycles. The van der Waals surface area contributed by atoms with Crippen molar-refractivity contribution in [3.63, 3.8) is 0 Å². The van der Waals surface area contributed by atoms with Gasteiger partial charge in [-0.05, 0) is 31.5 Å². The number of esters is 2. The molecule has 0 aliphatic carbocycles. The van der Waals surface area contributed by atoms with Crippen LogP contribution in [0.5, 0.6) is 0 Å². The molecule has 1 atom stereocenters. The Morgan fingerprint density at radius 2 is 1.88 bits per heavy atom. The van der Waals surface area contributed by atoms with Crippen molar-refractivity contribution < 1.29 is 14.3 Å². The molecule has 0 saturated carbocycles. The molecule has 0 heterocycles. The van der Waals surface area contributed by atoms with Crippen LogP contribution in [0.1, 0.15) is 23.2 Å². The topological polar surface area (TPSA) is 95.4 Å². The van der Waals surface area contributed by atoms with Crippen molar-refractivity contribution >= 4 is 11.9 Å². The molecule has 5 nitrogen and oxygen atoms in total. The van der Waals surface area contributed by atoms with Gasteiger partial charge in [-0.2, -0.15) is 0 Å². The highest BCUT2D eigenvalue weighted by Crippen LogP contribution is 2.03. The molecular weight excluding hydrogens is 220 g/mol. The fourth-order valence-electron chi connectivity index (χ4n) is 1.26. The summed E-state index contributed by atoms with van der Waals surface area (Å²) in [6, 6.07) is 7.49. The molecule has 0 unspecified atom stereocenters. The van der Waals surface area contributed by atoms with E-state index in [4.69, 9.17) is 11.5 Å². The third-order valence-electron chi connectivity index (χ3n) is 2.22. The van der Waals surface area contributed by atoms with E-state index in [1.807, 2.05) is 0 Å². The first-order valence-corrected chi connectivity index (χ1v) is 5.42. The van der Waals surface area contributed by atoms with Crippen LogP contribution in [0, 0.1) is 0 Å². The Morgan fingerprint density at radius 1 is 1.24 bits per heavy atom. The van der Waals surface area contributed by atoms with Gasteiger partial charge in [-0.25, -0.2) is 9.59 Å². The van der Waals surface area contributed by atoms with E-state index in [0.29, 0.717) is 24.9 Å². The SMILES string of the molecule is NCCC[C@@H](N)C(=O)OC(=O)c1ccccc1. The summed E-state index contributed by atoms with van der Waals surface area (Å²) >= 11 is 0. The smallest absolute Gasteiger partial charge is 0.345 e. The Labute approximate surface area is 99.7 Å². The Hall–Kier alpha value is -1.72. The lowest BCUT2D eigenvalue weighted by Gasteiger charge is -2.09. The van der Waals surface area contributed by atoms with Gasteiger partial charge in [0, 0.05) is 0 Å². The molecule has 5 heteroatoms. The monoisotopic (exact) mass is 236 g/mol. The van der Waals surface area contributed by atoms with E-state index in [9.17, 15) is 9.59 Å². The lowest BCUT2D eigenvalue weighted by atomic mass is 10.2. The molecule has 17 heavy (non-hydrogen) atoms. The first kappa shape index (κ1) is 13.3. The Bertz CT molecular complexity index is 379. The molecule has 0 aliphatic rings. The summed E-state index contributed by atoms with van der Waals surface area (Å²) < 4.78 is 4.65. The van der Waals surface area contributed by atoms with E-state index in [-0.39, 0.29) is 0 Å². The third kappa shape index (κ3) is 4.34. The Balaban J connectivity index is 2.49. The number of hydrogen-bond donors (Lipinski definition) is 2. The van der Waals surface area contributed by atoms with Crippen LogP contribution in [0.4, 0.5) is 0 Å². The van der Waals surface area contributed by atoms with E-state index in [0.717, 1.165) is 0 Å². The second-order valence-corrected chi connectivity index (χ2v) is 3.61. The highest BCUT2D eigenvalue weighted by atomic mass is 16.6. The van der Waals surface area contributed by atoms with Crippen molar-refractivity contribution in [1.29, 1.82) is 0 Å². The molecule has 0 aromatic heterocycles. The van der Waals surface area contributed by atoms with Crippen molar-refractivity contribution in [2.45, 2.75) is 18.9 Å². The van der Waals surface area contributed by atoms with Crippen LogP contribution in [-0.4, -0.2) is 24.5 Å². The predicted octanol–water partition coefficient (Wildman–Crippen LogP) is 0.436. The zero-order valence-corrected chi connectivity index (χ0v) is 9.46. The van der Waals surface area contributed by atoms with Crippen molar-refractivity contribution in [3.8, 4) is 0 Å². The van der Waals surface area contributed by atoms with Gasteiger partial charge in [0.2, 0.25) is 0 Å². The van der Waals surface area contributed by atoms with Crippen molar-refractivity contribution in [3.05, 3.63) is 35.9 Å². The van der Waals surface area contributed by atoms with Gasteiger partial charge in [0.05, 0.1) is 5.56 Å². The van der Waals surface area contributed by atoms with Gasteiger partial charge in [-0.15, -0.1) is 0 Å². The van der Waals surface area contributed by atoms with Gasteiger partial charge in [-0.3, -0.25) is 0 Å². The minimum atomic E-state index is -0.800. The summed E-state index contributed by atoms with van der Waals surface area (Å²) in [5.74, 6) is -1.40. The Kier molecular flexibility index (Phi) is 5.32. The average Bonchev–Trinajstić information content (AvgIpc) is 2.36. The lowest BCUT2D eigenvalue weighted by molar-refractivity contribution is -0.139. The van der Waals surface area contributed by atoms with E-state index in [2.05, 4.69) is 4.74 Å². The van der Waals surface area contributed by atoms with E-state index >= 15 is 0 Å². The molecule has 1 aromatic carbocycles. The first-order valence-electron chi connectivity index (χ1n) is 5.42. The number of benzene rings is 1. The van der Waals surface area contributed by atoms with Crippen LogP contribution in [0.3, 0.4) is 0 Å². The fraction of sp³-hybridized carbons (Fsp3) is 0.333. The van der Waals surface area contributed by atoms with Crippen LogP contribution in [0.25, 0.3) is 0 Å². The summed E-state index contributed by atoms with van der Waals surface area (Å²) in [6.45, 7) is 0.452. The zero-order valence-electron chi connectivity index (χ0n) is 9.46. The van der Waals surface area contributed by atoms with Crippen LogP contribution >= 0.6 is 0 Å². The van der Waals surface area contributed by atoms with Crippen LogP contribution in [0.15, 0.2) is 30.3 Å². The van der Waals surface area contributed by atoms with E-state index in [1.165, 1.54) is 0 Å². The number of hydrogen-bond acceptors (Lipinski definition) is 5.